The van der Waals surface area contributed by atoms with Crippen molar-refractivity contribution in [2.75, 3.05) is 45.3 Å². The van der Waals surface area contributed by atoms with Gasteiger partial charge in [-0.15, -0.1) is 0 Å². The largest absolute Gasteiger partial charge is 0.489 e. The molecule has 0 N–H and O–H groups in total. The first-order valence-electron chi connectivity index (χ1n) is 12.3. The highest BCUT2D eigenvalue weighted by atomic mass is 19.1. The van der Waals surface area contributed by atoms with E-state index in [0.29, 0.717) is 56.6 Å². The summed E-state index contributed by atoms with van der Waals surface area (Å²) in [4.78, 5) is 42.2. The summed E-state index contributed by atoms with van der Waals surface area (Å²) in [5.74, 6) is -0.961. The molecule has 2 aromatic rings. The third-order valence-corrected chi connectivity index (χ3v) is 6.95. The number of anilines is 1. The fourth-order valence-electron chi connectivity index (χ4n) is 4.71. The zero-order valence-electron chi connectivity index (χ0n) is 21.4. The van der Waals surface area contributed by atoms with Gasteiger partial charge in [0.2, 0.25) is 29.0 Å². The van der Waals surface area contributed by atoms with Crippen LogP contribution in [0.25, 0.3) is 0 Å². The Bertz CT molecular complexity index is 1240. The van der Waals surface area contributed by atoms with Crippen LogP contribution in [0.1, 0.15) is 24.5 Å². The van der Waals surface area contributed by atoms with Crippen LogP contribution in [0.5, 0.6) is 0 Å². The molecule has 7 nitrogen and oxygen atoms in total. The van der Waals surface area contributed by atoms with Crippen molar-refractivity contribution < 1.29 is 28.2 Å². The molecule has 8 heteroatoms. The lowest BCUT2D eigenvalue weighted by atomic mass is 9.88. The second-order valence-electron chi connectivity index (χ2n) is 9.17. The molecule has 0 saturated carbocycles. The van der Waals surface area contributed by atoms with E-state index in [9.17, 15) is 18.8 Å². The lowest BCUT2D eigenvalue weighted by molar-refractivity contribution is -0.131. The molecule has 0 spiro atoms. The maximum atomic E-state index is 13.2. The minimum absolute atomic E-state index is 0.0642. The number of piperazine rings is 1. The predicted octanol–water partition coefficient (Wildman–Crippen LogP) is 3.62. The standard InChI is InChI=1S/C29H31FN2O5/c1-19-24(27(35)29(37-3)28(36-2)26(19)34)18-21-6-4-20(5-7-21)8-13-25(33)32-16-14-31(15-17-32)23-11-9-22(30)10-12-23/h4-7,9-12H,8,13-18H2,1-3H3. The Hall–Kier alpha value is -3.94. The van der Waals surface area contributed by atoms with Gasteiger partial charge < -0.3 is 19.3 Å². The summed E-state index contributed by atoms with van der Waals surface area (Å²) in [6.45, 7) is 4.33. The fraction of sp³-hybridized carbons (Fsp3) is 0.345. The quantitative estimate of drug-likeness (QED) is 0.509. The van der Waals surface area contributed by atoms with Gasteiger partial charge in [0.1, 0.15) is 5.82 Å². The van der Waals surface area contributed by atoms with Crippen LogP contribution in [0, 0.1) is 5.82 Å². The van der Waals surface area contributed by atoms with Crippen molar-refractivity contribution in [1.29, 1.82) is 0 Å². The average Bonchev–Trinajstić information content (AvgIpc) is 2.92. The van der Waals surface area contributed by atoms with Gasteiger partial charge in [0.25, 0.3) is 0 Å². The van der Waals surface area contributed by atoms with E-state index in [1.54, 1.807) is 19.1 Å². The number of nitrogens with zero attached hydrogens (tertiary/aromatic N) is 2. The number of benzene rings is 2. The molecule has 1 heterocycles. The number of methoxy groups -OCH3 is 2. The second-order valence-corrected chi connectivity index (χ2v) is 9.17. The van der Waals surface area contributed by atoms with Crippen molar-refractivity contribution in [2.24, 2.45) is 0 Å². The van der Waals surface area contributed by atoms with Crippen molar-refractivity contribution in [3.8, 4) is 0 Å². The van der Waals surface area contributed by atoms with Gasteiger partial charge in [-0.3, -0.25) is 14.4 Å². The summed E-state index contributed by atoms with van der Waals surface area (Å²) in [6.07, 6.45) is 1.33. The van der Waals surface area contributed by atoms with E-state index in [1.807, 2.05) is 29.2 Å². The molecule has 1 amide bonds. The first-order chi connectivity index (χ1) is 17.8. The SMILES string of the molecule is COC1=C(OC)C(=O)C(Cc2ccc(CCC(=O)N3CCN(c4ccc(F)cc4)CC3)cc2)=C(C)C1=O. The number of rotatable bonds is 8. The Morgan fingerprint density at radius 1 is 0.838 bits per heavy atom. The molecule has 0 unspecified atom stereocenters. The van der Waals surface area contributed by atoms with Crippen LogP contribution in [-0.4, -0.2) is 62.8 Å². The molecule has 0 radical (unpaired) electrons. The zero-order valence-corrected chi connectivity index (χ0v) is 21.4. The smallest absolute Gasteiger partial charge is 0.228 e. The molecular weight excluding hydrogens is 475 g/mol. The number of ketones is 2. The van der Waals surface area contributed by atoms with E-state index >= 15 is 0 Å². The zero-order chi connectivity index (χ0) is 26.5. The number of carbonyl (C=O) groups is 3. The number of ether oxygens (including phenoxy) is 2. The van der Waals surface area contributed by atoms with E-state index in [1.165, 1.54) is 26.4 Å². The molecule has 2 aliphatic rings. The summed E-state index contributed by atoms with van der Waals surface area (Å²) >= 11 is 0. The lowest BCUT2D eigenvalue weighted by Gasteiger charge is -2.36. The molecule has 2 aromatic carbocycles. The van der Waals surface area contributed by atoms with Gasteiger partial charge in [0.05, 0.1) is 14.2 Å². The van der Waals surface area contributed by atoms with Gasteiger partial charge in [-0.05, 0) is 48.7 Å². The molecule has 4 rings (SSSR count). The third kappa shape index (κ3) is 5.74. The van der Waals surface area contributed by atoms with E-state index in [-0.39, 0.29) is 34.8 Å². The van der Waals surface area contributed by atoms with Crippen LogP contribution < -0.4 is 4.90 Å². The molecular formula is C29H31FN2O5. The van der Waals surface area contributed by atoms with Crippen molar-refractivity contribution in [2.45, 2.75) is 26.2 Å². The number of carbonyl (C=O) groups excluding carboxylic acids is 3. The second kappa shape index (κ2) is 11.4. The number of amides is 1. The Labute approximate surface area is 216 Å². The van der Waals surface area contributed by atoms with E-state index in [4.69, 9.17) is 9.47 Å². The van der Waals surface area contributed by atoms with Gasteiger partial charge in [-0.1, -0.05) is 24.3 Å². The molecule has 0 bridgehead atoms. The van der Waals surface area contributed by atoms with Gasteiger partial charge >= 0.3 is 0 Å². The minimum Gasteiger partial charge on any atom is -0.489 e. The summed E-state index contributed by atoms with van der Waals surface area (Å²) in [6, 6.07) is 14.2. The average molecular weight is 507 g/mol. The van der Waals surface area contributed by atoms with Crippen LogP contribution in [0.3, 0.4) is 0 Å². The number of allylic oxidation sites excluding steroid dienone is 2. The minimum atomic E-state index is -0.345. The first-order valence-corrected chi connectivity index (χ1v) is 12.3. The van der Waals surface area contributed by atoms with Gasteiger partial charge in [-0.2, -0.15) is 0 Å². The summed E-state index contributed by atoms with van der Waals surface area (Å²) < 4.78 is 23.4. The highest BCUT2D eigenvalue weighted by Crippen LogP contribution is 2.28. The van der Waals surface area contributed by atoms with Crippen LogP contribution in [0.2, 0.25) is 0 Å². The topological polar surface area (TPSA) is 76.2 Å². The summed E-state index contributed by atoms with van der Waals surface area (Å²) in [5, 5.41) is 0. The Kier molecular flexibility index (Phi) is 8.06. The summed E-state index contributed by atoms with van der Waals surface area (Å²) in [5.41, 5.74) is 3.63. The molecule has 37 heavy (non-hydrogen) atoms. The monoisotopic (exact) mass is 506 g/mol. The van der Waals surface area contributed by atoms with Crippen LogP contribution in [-0.2, 0) is 36.7 Å². The lowest BCUT2D eigenvalue weighted by Crippen LogP contribution is -2.48. The number of hydrogen-bond donors (Lipinski definition) is 0. The Morgan fingerprint density at radius 3 is 2.00 bits per heavy atom. The van der Waals surface area contributed by atoms with Crippen molar-refractivity contribution >= 4 is 23.2 Å². The molecule has 1 saturated heterocycles. The third-order valence-electron chi connectivity index (χ3n) is 6.95. The molecule has 194 valence electrons. The van der Waals surface area contributed by atoms with Gasteiger partial charge in [0, 0.05) is 55.9 Å². The predicted molar refractivity (Wildman–Crippen MR) is 137 cm³/mol. The first kappa shape index (κ1) is 26.1. The van der Waals surface area contributed by atoms with Crippen molar-refractivity contribution in [3.05, 3.63) is 88.1 Å². The molecule has 0 atom stereocenters. The van der Waals surface area contributed by atoms with E-state index in [0.717, 1.165) is 16.8 Å². The van der Waals surface area contributed by atoms with Gasteiger partial charge in [0.15, 0.2) is 0 Å². The van der Waals surface area contributed by atoms with Gasteiger partial charge in [-0.25, -0.2) is 4.39 Å². The molecule has 1 aliphatic heterocycles. The number of Topliss-reactive ketones (excluding diaryl/α,β-unsaturated/α-hetero) is 2. The highest BCUT2D eigenvalue weighted by molar-refractivity contribution is 6.23. The molecule has 1 aliphatic carbocycles. The molecule has 0 aromatic heterocycles. The van der Waals surface area contributed by atoms with Crippen LogP contribution in [0.15, 0.2) is 71.2 Å². The Morgan fingerprint density at radius 2 is 1.41 bits per heavy atom. The number of halogens is 1. The maximum absolute atomic E-state index is 13.2. The van der Waals surface area contributed by atoms with Crippen LogP contribution >= 0.6 is 0 Å². The van der Waals surface area contributed by atoms with E-state index < -0.39 is 0 Å². The maximum Gasteiger partial charge on any atom is 0.228 e. The Balaban J connectivity index is 1.30. The van der Waals surface area contributed by atoms with Crippen molar-refractivity contribution in [3.63, 3.8) is 0 Å². The normalized spacial score (nSPS) is 16.4. The number of hydrogen-bond acceptors (Lipinski definition) is 6. The number of aryl methyl sites for hydroxylation is 1. The van der Waals surface area contributed by atoms with Crippen molar-refractivity contribution in [1.82, 2.24) is 4.90 Å². The van der Waals surface area contributed by atoms with E-state index in [2.05, 4.69) is 4.90 Å². The summed E-state index contributed by atoms with van der Waals surface area (Å²) in [7, 11) is 2.69. The van der Waals surface area contributed by atoms with Crippen LogP contribution in [0.4, 0.5) is 10.1 Å². The fourth-order valence-corrected chi connectivity index (χ4v) is 4.71. The highest BCUT2D eigenvalue weighted by Gasteiger charge is 2.34. The molecule has 1 fully saturated rings.